The minimum atomic E-state index is -0.621. The standard InChI is InChI=1S/C15H12N2O3S2/c1-20-9-4-2-3-8(12(9)18)7-10-13(19)11(14(16)22-10)15-17-5-6-21-15/h2-7,11,16,18H,1H3/b10-7-,16-14?/t11-/m1/s1. The predicted molar refractivity (Wildman–Crippen MR) is 87.8 cm³/mol. The number of thiazole rings is 1. The highest BCUT2D eigenvalue weighted by molar-refractivity contribution is 8.19. The SMILES string of the molecule is COc1cccc(/C=C2\SC(=N)[C@H](c3nccs3)C2=O)c1O. The first-order valence-electron chi connectivity index (χ1n) is 6.39. The first-order chi connectivity index (χ1) is 10.6. The number of nitrogens with one attached hydrogen (secondary N) is 1. The fourth-order valence-corrected chi connectivity index (χ4v) is 3.95. The molecule has 0 spiro atoms. The van der Waals surface area contributed by atoms with E-state index < -0.39 is 5.92 Å². The first-order valence-corrected chi connectivity index (χ1v) is 8.09. The molecule has 0 radical (unpaired) electrons. The second-order valence-corrected chi connectivity index (χ2v) is 6.55. The van der Waals surface area contributed by atoms with E-state index in [9.17, 15) is 9.90 Å². The molecule has 0 unspecified atom stereocenters. The maximum Gasteiger partial charge on any atom is 0.186 e. The van der Waals surface area contributed by atoms with Crippen LogP contribution in [0.15, 0.2) is 34.7 Å². The summed E-state index contributed by atoms with van der Waals surface area (Å²) in [6.07, 6.45) is 3.22. The van der Waals surface area contributed by atoms with E-state index in [1.54, 1.807) is 35.9 Å². The van der Waals surface area contributed by atoms with Crippen LogP contribution >= 0.6 is 23.1 Å². The van der Waals surface area contributed by atoms with E-state index in [0.717, 1.165) is 11.8 Å². The van der Waals surface area contributed by atoms with E-state index in [1.165, 1.54) is 18.4 Å². The topological polar surface area (TPSA) is 83.3 Å². The van der Waals surface area contributed by atoms with Crippen LogP contribution in [0.25, 0.3) is 6.08 Å². The second kappa shape index (κ2) is 5.94. The highest BCUT2D eigenvalue weighted by Gasteiger charge is 2.38. The number of hydrogen-bond donors (Lipinski definition) is 2. The van der Waals surface area contributed by atoms with Crippen molar-refractivity contribution >= 4 is 40.0 Å². The number of ether oxygens (including phenoxy) is 1. The Morgan fingerprint density at radius 2 is 2.27 bits per heavy atom. The zero-order valence-corrected chi connectivity index (χ0v) is 13.2. The van der Waals surface area contributed by atoms with Gasteiger partial charge >= 0.3 is 0 Å². The van der Waals surface area contributed by atoms with Gasteiger partial charge < -0.3 is 9.84 Å². The average Bonchev–Trinajstić information content (AvgIpc) is 3.10. The summed E-state index contributed by atoms with van der Waals surface area (Å²) in [6, 6.07) is 5.07. The fourth-order valence-electron chi connectivity index (χ4n) is 2.15. The van der Waals surface area contributed by atoms with Gasteiger partial charge in [0.05, 0.1) is 17.1 Å². The number of ketones is 1. The van der Waals surface area contributed by atoms with E-state index in [2.05, 4.69) is 4.98 Å². The Morgan fingerprint density at radius 1 is 1.45 bits per heavy atom. The number of carbonyl (C=O) groups excluding carboxylic acids is 1. The van der Waals surface area contributed by atoms with Crippen LogP contribution in [-0.2, 0) is 4.79 Å². The van der Waals surface area contributed by atoms with Crippen LogP contribution in [0, 0.1) is 5.41 Å². The molecule has 2 heterocycles. The van der Waals surface area contributed by atoms with Crippen molar-refractivity contribution in [2.24, 2.45) is 0 Å². The molecule has 5 nitrogen and oxygen atoms in total. The zero-order valence-electron chi connectivity index (χ0n) is 11.6. The third-order valence-electron chi connectivity index (χ3n) is 3.22. The smallest absolute Gasteiger partial charge is 0.186 e. The molecule has 1 saturated heterocycles. The quantitative estimate of drug-likeness (QED) is 0.843. The number of Topliss-reactive ketones (excluding diaryl/α,β-unsaturated/α-hetero) is 1. The summed E-state index contributed by atoms with van der Waals surface area (Å²) < 4.78 is 5.06. The highest BCUT2D eigenvalue weighted by atomic mass is 32.2. The fraction of sp³-hybridized carbons (Fsp3) is 0.133. The van der Waals surface area contributed by atoms with Crippen molar-refractivity contribution in [3.63, 3.8) is 0 Å². The van der Waals surface area contributed by atoms with Gasteiger partial charge in [0.2, 0.25) is 0 Å². The molecule has 1 aliphatic heterocycles. The molecule has 3 rings (SSSR count). The number of aromatic hydroxyl groups is 1. The number of phenols is 1. The van der Waals surface area contributed by atoms with Gasteiger partial charge in [-0.15, -0.1) is 11.3 Å². The Labute approximate surface area is 135 Å². The number of rotatable bonds is 3. The molecule has 1 aromatic carbocycles. The van der Waals surface area contributed by atoms with Crippen molar-refractivity contribution in [1.29, 1.82) is 5.41 Å². The summed E-state index contributed by atoms with van der Waals surface area (Å²) in [4.78, 5) is 17.1. The lowest BCUT2D eigenvalue weighted by molar-refractivity contribution is -0.114. The molecule has 0 aliphatic carbocycles. The molecular weight excluding hydrogens is 320 g/mol. The summed E-state index contributed by atoms with van der Waals surface area (Å²) in [5, 5.41) is 20.8. The first kappa shape index (κ1) is 14.8. The van der Waals surface area contributed by atoms with Crippen molar-refractivity contribution in [2.75, 3.05) is 7.11 Å². The second-order valence-electron chi connectivity index (χ2n) is 4.54. The molecule has 112 valence electrons. The number of hydrogen-bond acceptors (Lipinski definition) is 7. The number of nitrogens with zero attached hydrogens (tertiary/aromatic N) is 1. The van der Waals surface area contributed by atoms with E-state index >= 15 is 0 Å². The van der Waals surface area contributed by atoms with Crippen molar-refractivity contribution in [3.05, 3.63) is 45.3 Å². The number of allylic oxidation sites excluding steroid dienone is 1. The molecule has 1 aliphatic rings. The maximum atomic E-state index is 12.5. The highest BCUT2D eigenvalue weighted by Crippen LogP contribution is 2.42. The molecular formula is C15H12N2O3S2. The number of para-hydroxylation sites is 1. The van der Waals surface area contributed by atoms with Crippen molar-refractivity contribution < 1.29 is 14.6 Å². The molecule has 1 aromatic heterocycles. The largest absolute Gasteiger partial charge is 0.504 e. The van der Waals surface area contributed by atoms with Crippen LogP contribution in [0.5, 0.6) is 11.5 Å². The third kappa shape index (κ3) is 2.53. The van der Waals surface area contributed by atoms with E-state index in [1.807, 2.05) is 0 Å². The molecule has 2 N–H and O–H groups in total. The minimum Gasteiger partial charge on any atom is -0.504 e. The van der Waals surface area contributed by atoms with E-state index in [4.69, 9.17) is 10.1 Å². The molecule has 0 amide bonds. The van der Waals surface area contributed by atoms with E-state index in [-0.39, 0.29) is 16.6 Å². The Kier molecular flexibility index (Phi) is 4.00. The number of methoxy groups -OCH3 is 1. The lowest BCUT2D eigenvalue weighted by Crippen LogP contribution is -2.11. The molecule has 22 heavy (non-hydrogen) atoms. The number of thioether (sulfide) groups is 1. The Hall–Kier alpha value is -2.12. The van der Waals surface area contributed by atoms with Gasteiger partial charge in [-0.25, -0.2) is 4.98 Å². The molecule has 7 heteroatoms. The van der Waals surface area contributed by atoms with Gasteiger partial charge in [0.1, 0.15) is 10.9 Å². The molecule has 0 saturated carbocycles. The lowest BCUT2D eigenvalue weighted by Gasteiger charge is -2.06. The summed E-state index contributed by atoms with van der Waals surface area (Å²) in [7, 11) is 1.47. The number of carbonyl (C=O) groups is 1. The van der Waals surface area contributed by atoms with Crippen molar-refractivity contribution in [2.45, 2.75) is 5.92 Å². The van der Waals surface area contributed by atoms with Gasteiger partial charge in [-0.05, 0) is 12.1 Å². The predicted octanol–water partition coefficient (Wildman–Crippen LogP) is 3.28. The summed E-state index contributed by atoms with van der Waals surface area (Å²) in [6.45, 7) is 0. The molecule has 1 atom stereocenters. The third-order valence-corrected chi connectivity index (χ3v) is 5.06. The Balaban J connectivity index is 1.97. The normalized spacial score (nSPS) is 19.9. The van der Waals surface area contributed by atoms with Gasteiger partial charge in [-0.3, -0.25) is 10.2 Å². The summed E-state index contributed by atoms with van der Waals surface area (Å²) in [5.74, 6) is -0.456. The van der Waals surface area contributed by atoms with Crippen LogP contribution in [0.2, 0.25) is 0 Å². The molecule has 1 fully saturated rings. The van der Waals surface area contributed by atoms with Gasteiger partial charge in [-0.1, -0.05) is 23.9 Å². The minimum absolute atomic E-state index is 0.0184. The van der Waals surface area contributed by atoms with Crippen LogP contribution in [0.3, 0.4) is 0 Å². The average molecular weight is 332 g/mol. The van der Waals surface area contributed by atoms with E-state index in [0.29, 0.717) is 21.2 Å². The van der Waals surface area contributed by atoms with Crippen molar-refractivity contribution in [3.8, 4) is 11.5 Å². The Morgan fingerprint density at radius 3 is 2.95 bits per heavy atom. The van der Waals surface area contributed by atoms with Gasteiger partial charge in [0, 0.05) is 17.1 Å². The zero-order chi connectivity index (χ0) is 15.7. The number of aromatic nitrogens is 1. The number of phenolic OH excluding ortho intramolecular Hbond substituents is 1. The number of benzene rings is 1. The van der Waals surface area contributed by atoms with Crippen LogP contribution in [0.4, 0.5) is 0 Å². The Bertz CT molecular complexity index is 769. The molecule has 0 bridgehead atoms. The lowest BCUT2D eigenvalue weighted by atomic mass is 10.0. The van der Waals surface area contributed by atoms with Gasteiger partial charge in [0.25, 0.3) is 0 Å². The van der Waals surface area contributed by atoms with Gasteiger partial charge in [-0.2, -0.15) is 0 Å². The van der Waals surface area contributed by atoms with Crippen LogP contribution < -0.4 is 4.74 Å². The van der Waals surface area contributed by atoms with Crippen LogP contribution in [-0.4, -0.2) is 28.0 Å². The summed E-state index contributed by atoms with van der Waals surface area (Å²) >= 11 is 2.47. The molecule has 2 aromatic rings. The van der Waals surface area contributed by atoms with Crippen molar-refractivity contribution in [1.82, 2.24) is 4.98 Å². The van der Waals surface area contributed by atoms with Crippen LogP contribution in [0.1, 0.15) is 16.5 Å². The maximum absolute atomic E-state index is 12.5. The van der Waals surface area contributed by atoms with Gasteiger partial charge in [0.15, 0.2) is 17.3 Å². The summed E-state index contributed by atoms with van der Waals surface area (Å²) in [5.41, 5.74) is 0.489. The monoisotopic (exact) mass is 332 g/mol.